The molecule has 0 amide bonds. The van der Waals surface area contributed by atoms with Crippen LogP contribution in [0.2, 0.25) is 50.2 Å². The van der Waals surface area contributed by atoms with Gasteiger partial charge in [-0.15, -0.1) is 29.2 Å². The van der Waals surface area contributed by atoms with Crippen LogP contribution in [0.25, 0.3) is 11.1 Å². The van der Waals surface area contributed by atoms with Crippen LogP contribution in [0.3, 0.4) is 0 Å². The molecule has 2 aliphatic heterocycles. The number of hydrogen-bond acceptors (Lipinski definition) is 10. The number of nitrogens with zero attached hydrogens (tertiary/aromatic N) is 4. The van der Waals surface area contributed by atoms with Gasteiger partial charge in [-0.05, 0) is 211 Å². The zero-order chi connectivity index (χ0) is 71.0. The Kier molecular flexibility index (Phi) is 27.1. The molecule has 2 aliphatic rings. The van der Waals surface area contributed by atoms with Crippen LogP contribution in [-0.2, 0) is 16.5 Å². The molecule has 0 saturated heterocycles. The zero-order valence-corrected chi connectivity index (χ0v) is 67.1. The summed E-state index contributed by atoms with van der Waals surface area (Å²) in [4.78, 5) is 27.9. The fourth-order valence-electron chi connectivity index (χ4n) is 9.85. The molecule has 4 heterocycles. The summed E-state index contributed by atoms with van der Waals surface area (Å²) in [5.74, 6) is 1.65. The third kappa shape index (κ3) is 19.5. The fourth-order valence-corrected chi connectivity index (χ4v) is 17.4. The Hall–Kier alpha value is -5.27. The van der Waals surface area contributed by atoms with Gasteiger partial charge in [-0.1, -0.05) is 263 Å². The smallest absolute Gasteiger partial charge is 0.649 e. The summed E-state index contributed by atoms with van der Waals surface area (Å²) in [5.41, 5.74) is 5.26. The normalized spacial score (nSPS) is 13.7. The minimum atomic E-state index is 0. The molecule has 2 aromatic heterocycles. The van der Waals surface area contributed by atoms with Crippen molar-refractivity contribution in [1.82, 2.24) is 9.97 Å². The van der Waals surface area contributed by atoms with E-state index in [1.807, 2.05) is 206 Å². The first-order valence-corrected chi connectivity index (χ1v) is 39.6. The largest absolute Gasteiger partial charge is 2.00 e. The van der Waals surface area contributed by atoms with Crippen molar-refractivity contribution in [1.29, 1.82) is 0 Å². The van der Waals surface area contributed by atoms with Gasteiger partial charge in [0.1, 0.15) is 38.1 Å². The standard InChI is InChI=1S/C39H21Cl6N2O2S2.C39H21Cl6N2S4.Ni/c2*40-23-6-14-27(15-7-23)48-36-32(44)38(50-29-18-10-25(42)11-19-29)46-34(36)31(22-4-2-1-3-5-22)35-37(49-28-16-8-24(41)9-17-28)33(45)39(47-35)51-30-20-12-26(43)13-21-30;/h2*1-21H;/q2*-1;+2/b2*34-31-;. The van der Waals surface area contributed by atoms with Gasteiger partial charge in [0.05, 0.1) is 20.7 Å². The average Bonchev–Trinajstić information content (AvgIpc) is 1.62. The number of hydrogen-bond donors (Lipinski definition) is 0. The second-order valence-corrected chi connectivity index (χ2v) is 33.0. The number of halogens is 12. The van der Waals surface area contributed by atoms with Gasteiger partial charge in [-0.25, -0.2) is 9.98 Å². The number of aliphatic imine (C=N–C) groups is 2. The van der Waals surface area contributed by atoms with E-state index in [0.717, 1.165) is 55.9 Å². The summed E-state index contributed by atoms with van der Waals surface area (Å²) in [6.45, 7) is 0. The molecule has 0 spiro atoms. The van der Waals surface area contributed by atoms with E-state index in [1.165, 1.54) is 70.6 Å². The minimum Gasteiger partial charge on any atom is -0.649 e. The predicted octanol–water partition coefficient (Wildman–Crippen LogP) is 29.8. The third-order valence-corrected chi connectivity index (χ3v) is 24.9. The maximum atomic E-state index is 7.30. The van der Waals surface area contributed by atoms with E-state index in [4.69, 9.17) is 169 Å². The van der Waals surface area contributed by atoms with Crippen LogP contribution in [-0.4, -0.2) is 10.1 Å². The van der Waals surface area contributed by atoms with Crippen molar-refractivity contribution in [2.45, 2.75) is 44.3 Å². The van der Waals surface area contributed by atoms with Gasteiger partial charge < -0.3 is 19.4 Å². The molecule has 516 valence electrons. The molecule has 0 fully saturated rings. The van der Waals surface area contributed by atoms with Gasteiger partial charge in [0.15, 0.2) is 5.76 Å². The van der Waals surface area contributed by atoms with Crippen LogP contribution in [0.4, 0.5) is 0 Å². The van der Waals surface area contributed by atoms with Crippen molar-refractivity contribution in [2.24, 2.45) is 9.98 Å². The topological polar surface area (TPSA) is 71.4 Å². The Morgan fingerprint density at radius 3 is 1.04 bits per heavy atom. The first-order chi connectivity index (χ1) is 49.4. The predicted molar refractivity (Wildman–Crippen MR) is 437 cm³/mol. The maximum Gasteiger partial charge on any atom is 2.00 e. The van der Waals surface area contributed by atoms with Crippen LogP contribution < -0.4 is 19.4 Å². The van der Waals surface area contributed by atoms with Crippen molar-refractivity contribution in [3.63, 3.8) is 0 Å². The number of thioether (sulfide) groups is 3. The molecule has 6 nitrogen and oxygen atoms in total. The van der Waals surface area contributed by atoms with Crippen LogP contribution >= 0.6 is 210 Å². The molecule has 12 aromatic rings. The first kappa shape index (κ1) is 77.4. The quantitative estimate of drug-likeness (QED) is 0.0776. The van der Waals surface area contributed by atoms with E-state index in [9.17, 15) is 0 Å². The zero-order valence-electron chi connectivity index (χ0n) is 52.2. The molecule has 0 saturated carbocycles. The van der Waals surface area contributed by atoms with Crippen LogP contribution in [0.5, 0.6) is 17.2 Å². The molecule has 103 heavy (non-hydrogen) atoms. The SMILES string of the molecule is ClC1=C(Oc2ccc(Cl)cc2)/C(=C(\c2ccccc2)c2[n-]c(Sc3ccc(Cl)cc3)c(Cl)c2Oc2ccc(Cl)cc2)N=C1Sc1ccc(Cl)cc1.ClC1=C(Sc2ccc(Cl)cc2)/C(=C(\c2ccccc2)c2[n-]c(Sc3ccc(Cl)cc3)c(Cl)c2Sc2ccc(Cl)cc2)N=C1Sc1ccc(Cl)cc1.[Ni+2]. The Bertz CT molecular complexity index is 4910. The van der Waals surface area contributed by atoms with Crippen LogP contribution in [0.15, 0.2) is 341 Å². The van der Waals surface area contributed by atoms with Gasteiger partial charge >= 0.3 is 16.5 Å². The molecular formula is C78H42Cl12N4NiO2S6. The summed E-state index contributed by atoms with van der Waals surface area (Å²) in [6, 6.07) is 79.1. The fraction of sp³-hybridized carbons (Fsp3) is 0. The van der Waals surface area contributed by atoms with E-state index in [2.05, 4.69) is 0 Å². The van der Waals surface area contributed by atoms with Crippen molar-refractivity contribution < 1.29 is 26.0 Å². The van der Waals surface area contributed by atoms with E-state index >= 15 is 0 Å². The molecule has 14 rings (SSSR count). The summed E-state index contributed by atoms with van der Waals surface area (Å²) in [6.07, 6.45) is 0. The number of benzene rings is 10. The monoisotopic (exact) mass is 1740 g/mol. The second kappa shape index (κ2) is 36.1. The van der Waals surface area contributed by atoms with Crippen molar-refractivity contribution >= 4 is 231 Å². The molecule has 0 N–H and O–H groups in total. The van der Waals surface area contributed by atoms with Gasteiger partial charge in [-0.2, -0.15) is 0 Å². The van der Waals surface area contributed by atoms with Crippen molar-refractivity contribution in [2.75, 3.05) is 0 Å². The molecular weight excluding hydrogens is 1700 g/mol. The molecule has 0 unspecified atom stereocenters. The van der Waals surface area contributed by atoms with Crippen molar-refractivity contribution in [3.8, 4) is 17.2 Å². The molecule has 0 atom stereocenters. The molecule has 0 radical (unpaired) electrons. The van der Waals surface area contributed by atoms with Gasteiger partial charge in [-0.3, -0.25) is 0 Å². The van der Waals surface area contributed by atoms with E-state index in [-0.39, 0.29) is 16.5 Å². The minimum absolute atomic E-state index is 0. The van der Waals surface area contributed by atoms with Crippen molar-refractivity contribution in [3.05, 3.63) is 360 Å². The van der Waals surface area contributed by atoms with E-state index < -0.39 is 0 Å². The van der Waals surface area contributed by atoms with Gasteiger partial charge in [0.25, 0.3) is 0 Å². The van der Waals surface area contributed by atoms with Gasteiger partial charge in [0, 0.05) is 85.0 Å². The van der Waals surface area contributed by atoms with Crippen LogP contribution in [0, 0.1) is 0 Å². The maximum absolute atomic E-state index is 7.30. The Labute approximate surface area is 690 Å². The van der Waals surface area contributed by atoms with E-state index in [0.29, 0.717) is 132 Å². The Morgan fingerprint density at radius 2 is 0.621 bits per heavy atom. The molecule has 0 aliphatic carbocycles. The Morgan fingerprint density at radius 1 is 0.301 bits per heavy atom. The van der Waals surface area contributed by atoms with Crippen LogP contribution in [0.1, 0.15) is 22.5 Å². The molecule has 25 heteroatoms. The van der Waals surface area contributed by atoms with E-state index in [1.54, 1.807) is 48.5 Å². The van der Waals surface area contributed by atoms with Gasteiger partial charge in [0.2, 0.25) is 0 Å². The summed E-state index contributed by atoms with van der Waals surface area (Å²) in [5, 5.41) is 8.96. The number of rotatable bonds is 18. The molecule has 0 bridgehead atoms. The Balaban J connectivity index is 0.000000192. The average molecular weight is 1740 g/mol. The number of ether oxygens (including phenoxy) is 2. The molecule has 10 aromatic carbocycles. The summed E-state index contributed by atoms with van der Waals surface area (Å²) in [7, 11) is 0. The number of aromatic nitrogens is 2. The third-order valence-electron chi connectivity index (χ3n) is 14.6. The second-order valence-electron chi connectivity index (χ2n) is 21.6. The summed E-state index contributed by atoms with van der Waals surface area (Å²) < 4.78 is 13.1. The first-order valence-electron chi connectivity index (χ1n) is 30.2. The summed E-state index contributed by atoms with van der Waals surface area (Å²) >= 11 is 87.4.